The molecule has 1 heterocycles. The zero-order chi connectivity index (χ0) is 19.1. The van der Waals surface area contributed by atoms with Crippen LogP contribution >= 0.6 is 11.8 Å². The highest BCUT2D eigenvalue weighted by Crippen LogP contribution is 2.20. The number of nitriles is 1. The second kappa shape index (κ2) is 9.01. The highest BCUT2D eigenvalue weighted by molar-refractivity contribution is 7.99. The van der Waals surface area contributed by atoms with Crippen LogP contribution in [0.25, 0.3) is 0 Å². The Morgan fingerprint density at radius 2 is 2.00 bits per heavy atom. The molecule has 0 atom stereocenters. The van der Waals surface area contributed by atoms with E-state index in [1.807, 2.05) is 29.7 Å². The summed E-state index contributed by atoms with van der Waals surface area (Å²) in [6, 6.07) is 19.1. The molecule has 0 bridgehead atoms. The first kappa shape index (κ1) is 18.7. The third kappa shape index (κ3) is 5.19. The van der Waals surface area contributed by atoms with E-state index < -0.39 is 0 Å². The fourth-order valence-electron chi connectivity index (χ4n) is 2.54. The predicted octanol–water partition coefficient (Wildman–Crippen LogP) is 3.63. The first-order valence-corrected chi connectivity index (χ1v) is 9.51. The van der Waals surface area contributed by atoms with Gasteiger partial charge in [0, 0.05) is 17.9 Å². The SMILES string of the molecule is Cc1nnc(SCCC(=O)Nc2cccc(C#N)c2)n1Cc1ccccc1. The van der Waals surface area contributed by atoms with Gasteiger partial charge in [-0.2, -0.15) is 5.26 Å². The maximum Gasteiger partial charge on any atom is 0.225 e. The number of nitrogens with one attached hydrogen (secondary N) is 1. The smallest absolute Gasteiger partial charge is 0.225 e. The molecule has 1 N–H and O–H groups in total. The third-order valence-electron chi connectivity index (χ3n) is 3.92. The van der Waals surface area contributed by atoms with E-state index in [1.54, 1.807) is 24.3 Å². The van der Waals surface area contributed by atoms with Gasteiger partial charge in [-0.1, -0.05) is 48.2 Å². The number of anilines is 1. The van der Waals surface area contributed by atoms with Crippen molar-refractivity contribution in [3.63, 3.8) is 0 Å². The van der Waals surface area contributed by atoms with Crippen LogP contribution in [0.1, 0.15) is 23.4 Å². The highest BCUT2D eigenvalue weighted by Gasteiger charge is 2.11. The molecule has 3 rings (SSSR count). The molecule has 3 aromatic rings. The summed E-state index contributed by atoms with van der Waals surface area (Å²) in [6.45, 7) is 2.63. The predicted molar refractivity (Wildman–Crippen MR) is 105 cm³/mol. The zero-order valence-corrected chi connectivity index (χ0v) is 15.7. The maximum absolute atomic E-state index is 12.1. The number of aromatic nitrogens is 3. The number of aryl methyl sites for hydroxylation is 1. The Hall–Kier alpha value is -3.11. The molecular formula is C20H19N5OS. The van der Waals surface area contributed by atoms with E-state index in [9.17, 15) is 4.79 Å². The standard InChI is InChI=1S/C20H19N5OS/c1-15-23-24-20(25(15)14-16-6-3-2-4-7-16)27-11-10-19(26)22-18-9-5-8-17(12-18)13-21/h2-9,12H,10-11,14H2,1H3,(H,22,26). The molecule has 0 radical (unpaired) electrons. The molecule has 0 aliphatic rings. The third-order valence-corrected chi connectivity index (χ3v) is 4.89. The van der Waals surface area contributed by atoms with Gasteiger partial charge in [0.1, 0.15) is 5.82 Å². The van der Waals surface area contributed by atoms with E-state index >= 15 is 0 Å². The van der Waals surface area contributed by atoms with Gasteiger partial charge in [-0.05, 0) is 30.7 Å². The Balaban J connectivity index is 1.54. The van der Waals surface area contributed by atoms with Gasteiger partial charge in [0.25, 0.3) is 0 Å². The number of carbonyl (C=O) groups is 1. The summed E-state index contributed by atoms with van der Waals surface area (Å²) in [5.41, 5.74) is 2.33. The van der Waals surface area contributed by atoms with Gasteiger partial charge < -0.3 is 9.88 Å². The number of benzene rings is 2. The molecule has 0 fully saturated rings. The molecule has 0 saturated carbocycles. The van der Waals surface area contributed by atoms with Gasteiger partial charge in [0.05, 0.1) is 18.2 Å². The number of hydrogen-bond acceptors (Lipinski definition) is 5. The minimum absolute atomic E-state index is 0.0940. The topological polar surface area (TPSA) is 83.6 Å². The largest absolute Gasteiger partial charge is 0.326 e. The molecule has 2 aromatic carbocycles. The van der Waals surface area contributed by atoms with Gasteiger partial charge in [-0.3, -0.25) is 4.79 Å². The number of nitrogens with zero attached hydrogens (tertiary/aromatic N) is 4. The van der Waals surface area contributed by atoms with Crippen LogP contribution in [0.5, 0.6) is 0 Å². The van der Waals surface area contributed by atoms with Gasteiger partial charge in [0.15, 0.2) is 5.16 Å². The van der Waals surface area contributed by atoms with E-state index in [0.717, 1.165) is 11.0 Å². The highest BCUT2D eigenvalue weighted by atomic mass is 32.2. The molecule has 7 heteroatoms. The van der Waals surface area contributed by atoms with Gasteiger partial charge >= 0.3 is 0 Å². The van der Waals surface area contributed by atoms with Crippen molar-refractivity contribution < 1.29 is 4.79 Å². The van der Waals surface area contributed by atoms with Crippen LogP contribution in [0.3, 0.4) is 0 Å². The number of rotatable bonds is 7. The first-order valence-electron chi connectivity index (χ1n) is 8.52. The van der Waals surface area contributed by atoms with Crippen molar-refractivity contribution in [3.8, 4) is 6.07 Å². The van der Waals surface area contributed by atoms with E-state index in [1.165, 1.54) is 17.3 Å². The average Bonchev–Trinajstić information content (AvgIpc) is 3.02. The molecule has 136 valence electrons. The maximum atomic E-state index is 12.1. The van der Waals surface area contributed by atoms with Crippen molar-refractivity contribution in [2.45, 2.75) is 25.0 Å². The Morgan fingerprint density at radius 3 is 2.78 bits per heavy atom. The van der Waals surface area contributed by atoms with Crippen LogP contribution in [0.2, 0.25) is 0 Å². The fourth-order valence-corrected chi connectivity index (χ4v) is 3.46. The lowest BCUT2D eigenvalue weighted by Crippen LogP contribution is -2.12. The lowest BCUT2D eigenvalue weighted by molar-refractivity contribution is -0.115. The molecule has 0 aliphatic carbocycles. The van der Waals surface area contributed by atoms with Gasteiger partial charge in [-0.25, -0.2) is 0 Å². The van der Waals surface area contributed by atoms with E-state index in [-0.39, 0.29) is 5.91 Å². The van der Waals surface area contributed by atoms with E-state index in [0.29, 0.717) is 30.0 Å². The van der Waals surface area contributed by atoms with Crippen molar-refractivity contribution in [1.29, 1.82) is 5.26 Å². The number of carbonyl (C=O) groups excluding carboxylic acids is 1. The van der Waals surface area contributed by atoms with Crippen LogP contribution in [-0.2, 0) is 11.3 Å². The Kier molecular flexibility index (Phi) is 6.23. The minimum atomic E-state index is -0.0940. The summed E-state index contributed by atoms with van der Waals surface area (Å²) in [6.07, 6.45) is 0.346. The van der Waals surface area contributed by atoms with Crippen LogP contribution in [0.15, 0.2) is 59.8 Å². The summed E-state index contributed by atoms with van der Waals surface area (Å²) in [4.78, 5) is 12.1. The Labute approximate surface area is 162 Å². The van der Waals surface area contributed by atoms with Crippen LogP contribution in [0.4, 0.5) is 5.69 Å². The first-order chi connectivity index (χ1) is 13.2. The summed E-state index contributed by atoms with van der Waals surface area (Å²) in [5.74, 6) is 1.35. The van der Waals surface area contributed by atoms with E-state index in [2.05, 4.69) is 33.7 Å². The summed E-state index contributed by atoms with van der Waals surface area (Å²) in [5, 5.41) is 20.9. The lowest BCUT2D eigenvalue weighted by Gasteiger charge is -2.09. The Morgan fingerprint density at radius 1 is 1.19 bits per heavy atom. The molecule has 0 unspecified atom stereocenters. The van der Waals surface area contributed by atoms with Crippen molar-refractivity contribution in [3.05, 3.63) is 71.5 Å². The Bertz CT molecular complexity index is 962. The van der Waals surface area contributed by atoms with Crippen molar-refractivity contribution in [1.82, 2.24) is 14.8 Å². The fraction of sp³-hybridized carbons (Fsp3) is 0.200. The average molecular weight is 377 g/mol. The molecular weight excluding hydrogens is 358 g/mol. The molecule has 6 nitrogen and oxygen atoms in total. The van der Waals surface area contributed by atoms with Crippen molar-refractivity contribution in [2.24, 2.45) is 0 Å². The zero-order valence-electron chi connectivity index (χ0n) is 14.9. The molecule has 0 spiro atoms. The second-order valence-corrected chi connectivity index (χ2v) is 7.00. The van der Waals surface area contributed by atoms with Crippen molar-refractivity contribution in [2.75, 3.05) is 11.1 Å². The molecule has 27 heavy (non-hydrogen) atoms. The summed E-state index contributed by atoms with van der Waals surface area (Å²) in [7, 11) is 0. The number of hydrogen-bond donors (Lipinski definition) is 1. The van der Waals surface area contributed by atoms with Crippen molar-refractivity contribution >= 4 is 23.4 Å². The summed E-state index contributed by atoms with van der Waals surface area (Å²) >= 11 is 1.51. The normalized spacial score (nSPS) is 10.4. The molecule has 1 aromatic heterocycles. The quantitative estimate of drug-likeness (QED) is 0.636. The molecule has 1 amide bonds. The van der Waals surface area contributed by atoms with Gasteiger partial charge in [0.2, 0.25) is 5.91 Å². The number of thioether (sulfide) groups is 1. The van der Waals surface area contributed by atoms with E-state index in [4.69, 9.17) is 5.26 Å². The summed E-state index contributed by atoms with van der Waals surface area (Å²) < 4.78 is 2.05. The number of amides is 1. The second-order valence-electron chi connectivity index (χ2n) is 5.94. The van der Waals surface area contributed by atoms with Crippen LogP contribution in [-0.4, -0.2) is 26.4 Å². The molecule has 0 aliphatic heterocycles. The minimum Gasteiger partial charge on any atom is -0.326 e. The molecule has 0 saturated heterocycles. The van der Waals surface area contributed by atoms with Crippen LogP contribution in [0, 0.1) is 18.3 Å². The lowest BCUT2D eigenvalue weighted by atomic mass is 10.2. The monoisotopic (exact) mass is 377 g/mol. The van der Waals surface area contributed by atoms with Crippen LogP contribution < -0.4 is 5.32 Å². The van der Waals surface area contributed by atoms with Gasteiger partial charge in [-0.15, -0.1) is 10.2 Å².